The molecule has 0 unspecified atom stereocenters. The summed E-state index contributed by atoms with van der Waals surface area (Å²) in [4.78, 5) is 4.43. The summed E-state index contributed by atoms with van der Waals surface area (Å²) in [6.45, 7) is 1.84. The first kappa shape index (κ1) is 13.0. The van der Waals surface area contributed by atoms with Gasteiger partial charge in [-0.25, -0.2) is 4.98 Å². The molecule has 0 bridgehead atoms. The van der Waals surface area contributed by atoms with E-state index in [1.165, 1.54) is 0 Å². The average Bonchev–Trinajstić information content (AvgIpc) is 2.78. The highest BCUT2D eigenvalue weighted by atomic mass is 35.5. The number of aliphatic hydroxyl groups is 1. The molecule has 0 spiro atoms. The van der Waals surface area contributed by atoms with Crippen molar-refractivity contribution in [3.63, 3.8) is 0 Å². The average molecular weight is 288 g/mol. The van der Waals surface area contributed by atoms with Crippen molar-refractivity contribution in [1.82, 2.24) is 9.55 Å². The van der Waals surface area contributed by atoms with Crippen molar-refractivity contribution >= 4 is 28.3 Å². The van der Waals surface area contributed by atoms with E-state index in [0.717, 1.165) is 22.3 Å². The van der Waals surface area contributed by atoms with Crippen LogP contribution in [0.3, 0.4) is 0 Å². The molecule has 0 radical (unpaired) electrons. The second-order valence-corrected chi connectivity index (χ2v) is 5.14. The lowest BCUT2D eigenvalue weighted by atomic mass is 10.2. The topological polar surface area (TPSA) is 64.1 Å². The molecule has 3 rings (SSSR count). The van der Waals surface area contributed by atoms with Gasteiger partial charge in [0.2, 0.25) is 0 Å². The number of nitrogens with two attached hydrogens (primary N) is 1. The van der Waals surface area contributed by atoms with Crippen LogP contribution in [-0.4, -0.2) is 14.7 Å². The fraction of sp³-hybridized carbons (Fsp3) is 0.133. The van der Waals surface area contributed by atoms with E-state index in [1.807, 2.05) is 41.8 Å². The first-order chi connectivity index (χ1) is 9.60. The molecule has 3 N–H and O–H groups in total. The number of aliphatic hydroxyl groups excluding tert-OH is 1. The minimum Gasteiger partial charge on any atom is -0.399 e. The van der Waals surface area contributed by atoms with Crippen molar-refractivity contribution in [3.05, 3.63) is 52.8 Å². The number of hydrogen-bond donors (Lipinski definition) is 2. The molecule has 0 fully saturated rings. The van der Waals surface area contributed by atoms with E-state index in [1.54, 1.807) is 6.07 Å². The Morgan fingerprint density at radius 3 is 2.80 bits per heavy atom. The van der Waals surface area contributed by atoms with Crippen LogP contribution in [0, 0.1) is 6.92 Å². The zero-order chi connectivity index (χ0) is 14.3. The largest absolute Gasteiger partial charge is 0.399 e. The summed E-state index contributed by atoms with van der Waals surface area (Å²) in [5, 5.41) is 10.2. The van der Waals surface area contributed by atoms with Crippen molar-refractivity contribution in [2.24, 2.45) is 0 Å². The molecule has 102 valence electrons. The van der Waals surface area contributed by atoms with Gasteiger partial charge in [-0.05, 0) is 42.8 Å². The lowest BCUT2D eigenvalue weighted by Gasteiger charge is -2.11. The summed E-state index contributed by atoms with van der Waals surface area (Å²) in [5.41, 5.74) is 10.1. The van der Waals surface area contributed by atoms with E-state index < -0.39 is 0 Å². The third kappa shape index (κ3) is 2.03. The molecule has 5 heteroatoms. The molecule has 0 aliphatic heterocycles. The van der Waals surface area contributed by atoms with Crippen LogP contribution < -0.4 is 5.73 Å². The number of nitrogens with zero attached hydrogens (tertiary/aromatic N) is 2. The van der Waals surface area contributed by atoms with E-state index in [9.17, 15) is 5.11 Å². The lowest BCUT2D eigenvalue weighted by Crippen LogP contribution is -2.03. The number of imidazole rings is 1. The van der Waals surface area contributed by atoms with Gasteiger partial charge in [-0.3, -0.25) is 4.57 Å². The Morgan fingerprint density at radius 2 is 2.05 bits per heavy atom. The van der Waals surface area contributed by atoms with Crippen LogP contribution in [0.5, 0.6) is 0 Å². The number of nitrogen functional groups attached to an aromatic ring is 1. The highest BCUT2D eigenvalue weighted by Crippen LogP contribution is 2.27. The maximum atomic E-state index is 9.56. The van der Waals surface area contributed by atoms with Gasteiger partial charge >= 0.3 is 0 Å². The molecule has 2 aromatic carbocycles. The number of halogens is 1. The summed E-state index contributed by atoms with van der Waals surface area (Å²) in [6.07, 6.45) is 0. The molecule has 0 aliphatic rings. The third-order valence-electron chi connectivity index (χ3n) is 3.30. The van der Waals surface area contributed by atoms with Crippen LogP contribution in [0.25, 0.3) is 16.7 Å². The molecule has 0 atom stereocenters. The number of rotatable bonds is 2. The molecular formula is C15H14ClN3O. The number of hydrogen-bond acceptors (Lipinski definition) is 3. The standard InChI is InChI=1S/C15H14ClN3O/c1-9-2-3-10(16)6-14(9)19-13-5-4-11(17)7-12(13)18-15(19)8-20/h2-7,20H,8,17H2,1H3. The van der Waals surface area contributed by atoms with Crippen molar-refractivity contribution in [3.8, 4) is 5.69 Å². The Bertz CT molecular complexity index is 795. The third-order valence-corrected chi connectivity index (χ3v) is 3.54. The van der Waals surface area contributed by atoms with Crippen LogP contribution in [0.2, 0.25) is 5.02 Å². The summed E-state index contributed by atoms with van der Waals surface area (Å²) in [7, 11) is 0. The second kappa shape index (κ2) is 4.81. The summed E-state index contributed by atoms with van der Waals surface area (Å²) in [5.74, 6) is 0.566. The van der Waals surface area contributed by atoms with Crippen LogP contribution in [0.1, 0.15) is 11.4 Å². The Morgan fingerprint density at radius 1 is 1.25 bits per heavy atom. The first-order valence-electron chi connectivity index (χ1n) is 6.24. The van der Waals surface area contributed by atoms with Crippen molar-refractivity contribution in [1.29, 1.82) is 0 Å². The monoisotopic (exact) mass is 287 g/mol. The van der Waals surface area contributed by atoms with Crippen molar-refractivity contribution < 1.29 is 5.11 Å². The zero-order valence-electron chi connectivity index (χ0n) is 11.0. The quantitative estimate of drug-likeness (QED) is 0.712. The van der Waals surface area contributed by atoms with Gasteiger partial charge in [0.05, 0.1) is 16.7 Å². The van der Waals surface area contributed by atoms with E-state index >= 15 is 0 Å². The second-order valence-electron chi connectivity index (χ2n) is 4.70. The molecule has 1 heterocycles. The van der Waals surface area contributed by atoms with Gasteiger partial charge in [0.25, 0.3) is 0 Å². The molecular weight excluding hydrogens is 274 g/mol. The summed E-state index contributed by atoms with van der Waals surface area (Å²) >= 11 is 6.09. The fourth-order valence-electron chi connectivity index (χ4n) is 2.35. The SMILES string of the molecule is Cc1ccc(Cl)cc1-n1c(CO)nc2cc(N)ccc21. The minimum absolute atomic E-state index is 0.152. The van der Waals surface area contributed by atoms with Gasteiger partial charge in [0.15, 0.2) is 0 Å². The summed E-state index contributed by atoms with van der Waals surface area (Å²) < 4.78 is 1.91. The Balaban J connectivity index is 2.37. The van der Waals surface area contributed by atoms with Gasteiger partial charge in [-0.15, -0.1) is 0 Å². The van der Waals surface area contributed by atoms with E-state index in [2.05, 4.69) is 4.98 Å². The number of benzene rings is 2. The number of aromatic nitrogens is 2. The number of aryl methyl sites for hydroxylation is 1. The summed E-state index contributed by atoms with van der Waals surface area (Å²) in [6, 6.07) is 11.2. The van der Waals surface area contributed by atoms with E-state index in [-0.39, 0.29) is 6.61 Å². The lowest BCUT2D eigenvalue weighted by molar-refractivity contribution is 0.270. The molecule has 4 nitrogen and oxygen atoms in total. The molecule has 0 saturated heterocycles. The fourth-order valence-corrected chi connectivity index (χ4v) is 2.51. The van der Waals surface area contributed by atoms with E-state index in [0.29, 0.717) is 16.5 Å². The maximum absolute atomic E-state index is 9.56. The van der Waals surface area contributed by atoms with Gasteiger partial charge in [0.1, 0.15) is 12.4 Å². The predicted molar refractivity (Wildman–Crippen MR) is 81.2 cm³/mol. The highest BCUT2D eigenvalue weighted by molar-refractivity contribution is 6.30. The minimum atomic E-state index is -0.152. The van der Waals surface area contributed by atoms with Gasteiger partial charge < -0.3 is 10.8 Å². The molecule has 3 aromatic rings. The van der Waals surface area contributed by atoms with Crippen LogP contribution in [0.15, 0.2) is 36.4 Å². The zero-order valence-corrected chi connectivity index (χ0v) is 11.7. The predicted octanol–water partition coefficient (Wildman–Crippen LogP) is 3.06. The van der Waals surface area contributed by atoms with Crippen LogP contribution in [0.4, 0.5) is 5.69 Å². The Hall–Kier alpha value is -2.04. The van der Waals surface area contributed by atoms with Crippen LogP contribution >= 0.6 is 11.6 Å². The Labute approximate surface area is 121 Å². The maximum Gasteiger partial charge on any atom is 0.140 e. The number of anilines is 1. The molecule has 0 saturated carbocycles. The molecule has 0 amide bonds. The van der Waals surface area contributed by atoms with Crippen molar-refractivity contribution in [2.75, 3.05) is 5.73 Å². The molecule has 1 aromatic heterocycles. The van der Waals surface area contributed by atoms with Gasteiger partial charge in [-0.2, -0.15) is 0 Å². The van der Waals surface area contributed by atoms with Gasteiger partial charge in [-0.1, -0.05) is 17.7 Å². The van der Waals surface area contributed by atoms with Gasteiger partial charge in [0, 0.05) is 10.7 Å². The van der Waals surface area contributed by atoms with E-state index in [4.69, 9.17) is 17.3 Å². The normalized spacial score (nSPS) is 11.2. The first-order valence-corrected chi connectivity index (χ1v) is 6.62. The molecule has 0 aliphatic carbocycles. The molecule has 20 heavy (non-hydrogen) atoms. The number of fused-ring (bicyclic) bond motifs is 1. The Kier molecular flexibility index (Phi) is 3.12. The van der Waals surface area contributed by atoms with Crippen LogP contribution in [-0.2, 0) is 6.61 Å². The smallest absolute Gasteiger partial charge is 0.140 e. The highest BCUT2D eigenvalue weighted by Gasteiger charge is 2.13. The van der Waals surface area contributed by atoms with Crippen molar-refractivity contribution in [2.45, 2.75) is 13.5 Å².